The minimum absolute atomic E-state index is 0.0607. The number of carbonyl (C=O) groups excluding carboxylic acids is 1. The van der Waals surface area contributed by atoms with Gasteiger partial charge in [-0.05, 0) is 29.7 Å². The van der Waals surface area contributed by atoms with Crippen molar-refractivity contribution in [1.29, 1.82) is 0 Å². The average Bonchev–Trinajstić information content (AvgIpc) is 3.15. The predicted octanol–water partition coefficient (Wildman–Crippen LogP) is 1.92. The highest BCUT2D eigenvalue weighted by Gasteiger charge is 2.34. The van der Waals surface area contributed by atoms with Crippen LogP contribution in [0.1, 0.15) is 24.0 Å². The summed E-state index contributed by atoms with van der Waals surface area (Å²) in [6.07, 6.45) is 4.82. The van der Waals surface area contributed by atoms with E-state index in [1.165, 1.54) is 5.56 Å². The van der Waals surface area contributed by atoms with Gasteiger partial charge in [-0.15, -0.1) is 0 Å². The first-order chi connectivity index (χ1) is 10.7. The minimum Gasteiger partial charge on any atom is -0.326 e. The molecule has 22 heavy (non-hydrogen) atoms. The van der Waals surface area contributed by atoms with Crippen LogP contribution in [0.5, 0.6) is 0 Å². The van der Waals surface area contributed by atoms with Crippen molar-refractivity contribution in [3.8, 4) is 0 Å². The number of anilines is 1. The van der Waals surface area contributed by atoms with E-state index in [0.29, 0.717) is 6.54 Å². The molecule has 2 aromatic rings. The third kappa shape index (κ3) is 3.04. The number of rotatable bonds is 4. The molecule has 0 radical (unpaired) electrons. The third-order valence-electron chi connectivity index (χ3n) is 4.31. The molecule has 0 bridgehead atoms. The van der Waals surface area contributed by atoms with Gasteiger partial charge in [0, 0.05) is 37.9 Å². The molecule has 2 N–H and O–H groups in total. The lowest BCUT2D eigenvalue weighted by Crippen LogP contribution is -2.28. The van der Waals surface area contributed by atoms with Crippen molar-refractivity contribution in [1.82, 2.24) is 15.1 Å². The highest BCUT2D eigenvalue weighted by molar-refractivity contribution is 5.93. The Morgan fingerprint density at radius 3 is 3.05 bits per heavy atom. The maximum Gasteiger partial charge on any atom is 0.229 e. The van der Waals surface area contributed by atoms with Crippen LogP contribution in [0.15, 0.2) is 36.7 Å². The van der Waals surface area contributed by atoms with Crippen LogP contribution in [-0.4, -0.2) is 28.8 Å². The van der Waals surface area contributed by atoms with E-state index >= 15 is 0 Å². The first-order valence-electron chi connectivity index (χ1n) is 7.76. The lowest BCUT2D eigenvalue weighted by atomic mass is 9.90. The molecule has 5 heteroatoms. The van der Waals surface area contributed by atoms with Crippen molar-refractivity contribution in [2.45, 2.75) is 19.3 Å². The average molecular weight is 298 g/mol. The standard InChI is InChI=1S/C17H22N4O/c1-3-12-5-4-6-14(7-12)20-17(22)16-10-18-9-15(16)13-8-19-21(2)11-13/h4-8,11,15-16,18H,3,9-10H2,1-2H3,(H,20,22)/t15-,16+/m1/s1. The Kier molecular flexibility index (Phi) is 4.24. The summed E-state index contributed by atoms with van der Waals surface area (Å²) in [6.45, 7) is 3.64. The van der Waals surface area contributed by atoms with Crippen LogP contribution in [-0.2, 0) is 18.3 Å². The Bertz CT molecular complexity index is 664. The molecular weight excluding hydrogens is 276 g/mol. The Labute approximate surface area is 130 Å². The van der Waals surface area contributed by atoms with E-state index in [1.807, 2.05) is 37.6 Å². The summed E-state index contributed by atoms with van der Waals surface area (Å²) in [4.78, 5) is 12.6. The normalized spacial score (nSPS) is 21.0. The quantitative estimate of drug-likeness (QED) is 0.906. The molecular formula is C17H22N4O. The van der Waals surface area contributed by atoms with Gasteiger partial charge < -0.3 is 10.6 Å². The smallest absolute Gasteiger partial charge is 0.229 e. The molecule has 0 aliphatic carbocycles. The molecule has 1 amide bonds. The number of aryl methyl sites for hydroxylation is 2. The number of carbonyl (C=O) groups is 1. The Morgan fingerprint density at radius 1 is 1.45 bits per heavy atom. The first kappa shape index (κ1) is 14.8. The highest BCUT2D eigenvalue weighted by atomic mass is 16.1. The molecule has 5 nitrogen and oxygen atoms in total. The van der Waals surface area contributed by atoms with Crippen LogP contribution >= 0.6 is 0 Å². The molecule has 0 spiro atoms. The van der Waals surface area contributed by atoms with Gasteiger partial charge in [0.15, 0.2) is 0 Å². The molecule has 116 valence electrons. The zero-order valence-electron chi connectivity index (χ0n) is 13.0. The zero-order valence-corrected chi connectivity index (χ0v) is 13.0. The number of benzene rings is 1. The second kappa shape index (κ2) is 6.32. The van der Waals surface area contributed by atoms with Crippen LogP contribution in [0, 0.1) is 5.92 Å². The summed E-state index contributed by atoms with van der Waals surface area (Å²) in [5, 5.41) is 10.6. The summed E-state index contributed by atoms with van der Waals surface area (Å²) < 4.78 is 1.79. The molecule has 1 aromatic carbocycles. The molecule has 1 aromatic heterocycles. The van der Waals surface area contributed by atoms with Gasteiger partial charge in [0.25, 0.3) is 0 Å². The third-order valence-corrected chi connectivity index (χ3v) is 4.31. The monoisotopic (exact) mass is 298 g/mol. The molecule has 2 atom stereocenters. The fourth-order valence-electron chi connectivity index (χ4n) is 3.04. The van der Waals surface area contributed by atoms with Gasteiger partial charge in [-0.2, -0.15) is 5.10 Å². The van der Waals surface area contributed by atoms with E-state index < -0.39 is 0 Å². The van der Waals surface area contributed by atoms with Gasteiger partial charge in [-0.3, -0.25) is 9.48 Å². The summed E-state index contributed by atoms with van der Waals surface area (Å²) in [5.41, 5.74) is 3.22. The van der Waals surface area contributed by atoms with Crippen molar-refractivity contribution in [3.63, 3.8) is 0 Å². The second-order valence-corrected chi connectivity index (χ2v) is 5.86. The van der Waals surface area contributed by atoms with E-state index in [2.05, 4.69) is 28.7 Å². The Morgan fingerprint density at radius 2 is 2.32 bits per heavy atom. The van der Waals surface area contributed by atoms with E-state index in [4.69, 9.17) is 0 Å². The predicted molar refractivity (Wildman–Crippen MR) is 86.8 cm³/mol. The molecule has 1 aliphatic rings. The number of hydrogen-bond donors (Lipinski definition) is 2. The van der Waals surface area contributed by atoms with Gasteiger partial charge in [0.2, 0.25) is 5.91 Å². The van der Waals surface area contributed by atoms with Crippen LogP contribution in [0.2, 0.25) is 0 Å². The molecule has 0 saturated carbocycles. The maximum absolute atomic E-state index is 12.6. The van der Waals surface area contributed by atoms with Crippen LogP contribution in [0.25, 0.3) is 0 Å². The first-order valence-corrected chi connectivity index (χ1v) is 7.76. The van der Waals surface area contributed by atoms with Crippen LogP contribution in [0.3, 0.4) is 0 Å². The minimum atomic E-state index is -0.0607. The number of hydrogen-bond acceptors (Lipinski definition) is 3. The van der Waals surface area contributed by atoms with E-state index in [0.717, 1.165) is 24.2 Å². The lowest BCUT2D eigenvalue weighted by Gasteiger charge is -2.17. The summed E-state index contributed by atoms with van der Waals surface area (Å²) in [5.74, 6) is 0.199. The van der Waals surface area contributed by atoms with Gasteiger partial charge in [0.05, 0.1) is 12.1 Å². The summed E-state index contributed by atoms with van der Waals surface area (Å²) >= 11 is 0. The number of nitrogens with zero attached hydrogens (tertiary/aromatic N) is 2. The molecule has 1 saturated heterocycles. The van der Waals surface area contributed by atoms with Crippen molar-refractivity contribution in [2.75, 3.05) is 18.4 Å². The van der Waals surface area contributed by atoms with E-state index in [1.54, 1.807) is 4.68 Å². The zero-order chi connectivity index (χ0) is 15.5. The van der Waals surface area contributed by atoms with Crippen molar-refractivity contribution >= 4 is 11.6 Å². The fourth-order valence-corrected chi connectivity index (χ4v) is 3.04. The second-order valence-electron chi connectivity index (χ2n) is 5.86. The summed E-state index contributed by atoms with van der Waals surface area (Å²) in [6, 6.07) is 8.04. The van der Waals surface area contributed by atoms with Crippen molar-refractivity contribution in [2.24, 2.45) is 13.0 Å². The van der Waals surface area contributed by atoms with Gasteiger partial charge in [-0.25, -0.2) is 0 Å². The molecule has 1 aliphatic heterocycles. The summed E-state index contributed by atoms with van der Waals surface area (Å²) in [7, 11) is 1.90. The van der Waals surface area contributed by atoms with Gasteiger partial charge >= 0.3 is 0 Å². The lowest BCUT2D eigenvalue weighted by molar-refractivity contribution is -0.119. The van der Waals surface area contributed by atoms with Crippen molar-refractivity contribution in [3.05, 3.63) is 47.8 Å². The Balaban J connectivity index is 1.73. The van der Waals surface area contributed by atoms with Crippen LogP contribution in [0.4, 0.5) is 5.69 Å². The van der Waals surface area contributed by atoms with Crippen LogP contribution < -0.4 is 10.6 Å². The molecule has 1 fully saturated rings. The fraction of sp³-hybridized carbons (Fsp3) is 0.412. The molecule has 2 heterocycles. The Hall–Kier alpha value is -2.14. The van der Waals surface area contributed by atoms with Crippen molar-refractivity contribution < 1.29 is 4.79 Å². The molecule has 0 unspecified atom stereocenters. The number of aromatic nitrogens is 2. The maximum atomic E-state index is 12.6. The topological polar surface area (TPSA) is 59.0 Å². The molecule has 3 rings (SSSR count). The SMILES string of the molecule is CCc1cccc(NC(=O)[C@H]2CNC[C@@H]2c2cnn(C)c2)c1. The van der Waals surface area contributed by atoms with E-state index in [9.17, 15) is 4.79 Å². The number of amides is 1. The van der Waals surface area contributed by atoms with Gasteiger partial charge in [0.1, 0.15) is 0 Å². The van der Waals surface area contributed by atoms with E-state index in [-0.39, 0.29) is 17.7 Å². The largest absolute Gasteiger partial charge is 0.326 e. The van der Waals surface area contributed by atoms with Gasteiger partial charge in [-0.1, -0.05) is 19.1 Å². The highest BCUT2D eigenvalue weighted by Crippen LogP contribution is 2.29. The number of nitrogens with one attached hydrogen (secondary N) is 2.